The number of rotatable bonds is 6. The number of hydrogen-bond donors (Lipinski definition) is 2. The van der Waals surface area contributed by atoms with Crippen LogP contribution in [-0.4, -0.2) is 26.2 Å². The van der Waals surface area contributed by atoms with Gasteiger partial charge in [0.2, 0.25) is 15.9 Å². The van der Waals surface area contributed by atoms with Gasteiger partial charge >= 0.3 is 0 Å². The summed E-state index contributed by atoms with van der Waals surface area (Å²) in [5, 5.41) is 4.74. The number of fused-ring (bicyclic) bond motifs is 1. The smallest absolute Gasteiger partial charge is 0.242 e. The first kappa shape index (κ1) is 19.7. The number of carbonyl (C=O) groups excluding carboxylic acids is 2. The highest BCUT2D eigenvalue weighted by atomic mass is 32.2. The largest absolute Gasteiger partial charge is 0.325 e. The fourth-order valence-corrected chi connectivity index (χ4v) is 3.94. The Morgan fingerprint density at radius 2 is 1.54 bits per heavy atom. The van der Waals surface area contributed by atoms with Crippen molar-refractivity contribution in [3.63, 3.8) is 0 Å². The van der Waals surface area contributed by atoms with Gasteiger partial charge in [0.05, 0.1) is 10.9 Å². The normalized spacial score (nSPS) is 12.5. The maximum Gasteiger partial charge on any atom is 0.242 e. The number of anilines is 1. The third kappa shape index (κ3) is 4.44. The topological polar surface area (TPSA) is 92.3 Å². The van der Waals surface area contributed by atoms with Crippen molar-refractivity contribution in [3.05, 3.63) is 72.3 Å². The minimum Gasteiger partial charge on any atom is -0.325 e. The molecule has 0 radical (unpaired) electrons. The van der Waals surface area contributed by atoms with Crippen molar-refractivity contribution in [2.24, 2.45) is 0 Å². The summed E-state index contributed by atoms with van der Waals surface area (Å²) in [6.07, 6.45) is 0. The lowest BCUT2D eigenvalue weighted by atomic mass is 10.1. The third-order valence-corrected chi connectivity index (χ3v) is 5.87. The summed E-state index contributed by atoms with van der Waals surface area (Å²) in [6, 6.07) is 17.8. The van der Waals surface area contributed by atoms with Crippen molar-refractivity contribution in [2.45, 2.75) is 24.8 Å². The van der Waals surface area contributed by atoms with Crippen molar-refractivity contribution >= 4 is 38.2 Å². The molecule has 0 spiro atoms. The van der Waals surface area contributed by atoms with Gasteiger partial charge in [-0.1, -0.05) is 42.5 Å². The van der Waals surface area contributed by atoms with Crippen molar-refractivity contribution in [1.29, 1.82) is 0 Å². The molecule has 0 aromatic heterocycles. The number of nitrogens with one attached hydrogen (secondary N) is 2. The maximum atomic E-state index is 12.5. The van der Waals surface area contributed by atoms with E-state index in [1.165, 1.54) is 38.1 Å². The standard InChI is InChI=1S/C21H20N2O4S/c1-14(23-28(26,27)20-11-8-16(9-12-20)15(2)24)21(25)22-19-10-7-17-5-3-4-6-18(17)13-19/h3-14,23H,1-2H3,(H,22,25)/t14-/m0/s1. The Bertz CT molecular complexity index is 1140. The minimum absolute atomic E-state index is 0.0112. The monoisotopic (exact) mass is 396 g/mol. The molecule has 7 heteroatoms. The fraction of sp³-hybridized carbons (Fsp3) is 0.143. The van der Waals surface area contributed by atoms with Gasteiger partial charge in [-0.3, -0.25) is 9.59 Å². The SMILES string of the molecule is CC(=O)c1ccc(S(=O)(=O)N[C@@H](C)C(=O)Nc2ccc3ccccc3c2)cc1. The van der Waals surface area contributed by atoms with E-state index in [9.17, 15) is 18.0 Å². The van der Waals surface area contributed by atoms with E-state index in [1.54, 1.807) is 6.07 Å². The third-order valence-electron chi connectivity index (χ3n) is 4.31. The van der Waals surface area contributed by atoms with Crippen LogP contribution in [0, 0.1) is 0 Å². The molecule has 0 bridgehead atoms. The Morgan fingerprint density at radius 3 is 2.18 bits per heavy atom. The second-order valence-electron chi connectivity index (χ2n) is 6.47. The second kappa shape index (κ2) is 7.92. The molecule has 3 rings (SSSR count). The van der Waals surface area contributed by atoms with Gasteiger partial charge in [0.1, 0.15) is 0 Å². The van der Waals surface area contributed by atoms with Crippen LogP contribution in [0.5, 0.6) is 0 Å². The molecule has 3 aromatic rings. The van der Waals surface area contributed by atoms with Crippen LogP contribution in [0.15, 0.2) is 71.6 Å². The van der Waals surface area contributed by atoms with Crippen LogP contribution in [-0.2, 0) is 14.8 Å². The Hall–Kier alpha value is -3.03. The molecule has 1 amide bonds. The van der Waals surface area contributed by atoms with Gasteiger partial charge in [-0.2, -0.15) is 4.72 Å². The van der Waals surface area contributed by atoms with Crippen molar-refractivity contribution in [2.75, 3.05) is 5.32 Å². The second-order valence-corrected chi connectivity index (χ2v) is 8.19. The lowest BCUT2D eigenvalue weighted by Gasteiger charge is -2.15. The highest BCUT2D eigenvalue weighted by Gasteiger charge is 2.22. The lowest BCUT2D eigenvalue weighted by molar-refractivity contribution is -0.117. The van der Waals surface area contributed by atoms with Gasteiger partial charge in [0, 0.05) is 11.3 Å². The number of Topliss-reactive ketones (excluding diaryl/α,β-unsaturated/α-hetero) is 1. The highest BCUT2D eigenvalue weighted by molar-refractivity contribution is 7.89. The molecule has 0 heterocycles. The number of hydrogen-bond acceptors (Lipinski definition) is 4. The van der Waals surface area contributed by atoms with E-state index in [0.717, 1.165) is 10.8 Å². The Balaban J connectivity index is 1.70. The van der Waals surface area contributed by atoms with Gasteiger partial charge in [-0.15, -0.1) is 0 Å². The first-order valence-electron chi connectivity index (χ1n) is 8.69. The Labute approximate surface area is 163 Å². The van der Waals surface area contributed by atoms with Gasteiger partial charge in [-0.25, -0.2) is 8.42 Å². The van der Waals surface area contributed by atoms with E-state index in [4.69, 9.17) is 0 Å². The molecule has 0 aliphatic carbocycles. The summed E-state index contributed by atoms with van der Waals surface area (Å²) in [4.78, 5) is 23.7. The van der Waals surface area contributed by atoms with Crippen molar-refractivity contribution in [1.82, 2.24) is 4.72 Å². The van der Waals surface area contributed by atoms with E-state index in [1.807, 2.05) is 36.4 Å². The molecule has 2 N–H and O–H groups in total. The predicted octanol–water partition coefficient (Wildman–Crippen LogP) is 3.35. The molecule has 0 aliphatic heterocycles. The van der Waals surface area contributed by atoms with Gasteiger partial charge in [0.25, 0.3) is 0 Å². The number of amides is 1. The highest BCUT2D eigenvalue weighted by Crippen LogP contribution is 2.19. The van der Waals surface area contributed by atoms with Crippen LogP contribution in [0.4, 0.5) is 5.69 Å². The fourth-order valence-electron chi connectivity index (χ4n) is 2.74. The molecular formula is C21H20N2O4S. The summed E-state index contributed by atoms with van der Waals surface area (Å²) in [6.45, 7) is 2.87. The molecule has 1 atom stereocenters. The molecule has 0 unspecified atom stereocenters. The van der Waals surface area contributed by atoms with Crippen LogP contribution in [0.2, 0.25) is 0 Å². The quantitative estimate of drug-likeness (QED) is 0.625. The number of benzene rings is 3. The Morgan fingerprint density at radius 1 is 0.893 bits per heavy atom. The van der Waals surface area contributed by atoms with Crippen molar-refractivity contribution in [3.8, 4) is 0 Å². The summed E-state index contributed by atoms with van der Waals surface area (Å²) in [5.41, 5.74) is 1.00. The maximum absolute atomic E-state index is 12.5. The zero-order valence-corrected chi connectivity index (χ0v) is 16.3. The van der Waals surface area contributed by atoms with Gasteiger partial charge in [0.15, 0.2) is 5.78 Å². The molecule has 0 fully saturated rings. The van der Waals surface area contributed by atoms with Crippen LogP contribution in [0.1, 0.15) is 24.2 Å². The number of ketones is 1. The summed E-state index contributed by atoms with van der Waals surface area (Å²) < 4.78 is 27.3. The molecule has 0 saturated carbocycles. The molecular weight excluding hydrogens is 376 g/mol. The minimum atomic E-state index is -3.90. The van der Waals surface area contributed by atoms with E-state index in [0.29, 0.717) is 11.3 Å². The van der Waals surface area contributed by atoms with Crippen LogP contribution in [0.25, 0.3) is 10.8 Å². The average molecular weight is 396 g/mol. The van der Waals surface area contributed by atoms with Gasteiger partial charge < -0.3 is 5.32 Å². The zero-order chi connectivity index (χ0) is 20.3. The van der Waals surface area contributed by atoms with Gasteiger partial charge in [-0.05, 0) is 48.9 Å². The zero-order valence-electron chi connectivity index (χ0n) is 15.5. The number of sulfonamides is 1. The first-order chi connectivity index (χ1) is 13.3. The van der Waals surface area contributed by atoms with Crippen LogP contribution in [0.3, 0.4) is 0 Å². The predicted molar refractivity (Wildman–Crippen MR) is 109 cm³/mol. The van der Waals surface area contributed by atoms with E-state index < -0.39 is 22.0 Å². The lowest BCUT2D eigenvalue weighted by Crippen LogP contribution is -2.41. The van der Waals surface area contributed by atoms with E-state index in [2.05, 4.69) is 10.0 Å². The molecule has 28 heavy (non-hydrogen) atoms. The average Bonchev–Trinajstić information content (AvgIpc) is 2.67. The van der Waals surface area contributed by atoms with Crippen LogP contribution < -0.4 is 10.0 Å². The Kier molecular flexibility index (Phi) is 5.58. The molecule has 0 aliphatic rings. The molecule has 6 nitrogen and oxygen atoms in total. The summed E-state index contributed by atoms with van der Waals surface area (Å²) >= 11 is 0. The van der Waals surface area contributed by atoms with E-state index >= 15 is 0 Å². The van der Waals surface area contributed by atoms with Crippen molar-refractivity contribution < 1.29 is 18.0 Å². The number of carbonyl (C=O) groups is 2. The summed E-state index contributed by atoms with van der Waals surface area (Å²) in [5.74, 6) is -0.626. The molecule has 0 saturated heterocycles. The molecule has 144 valence electrons. The van der Waals surface area contributed by atoms with E-state index in [-0.39, 0.29) is 10.7 Å². The van der Waals surface area contributed by atoms with Crippen LogP contribution >= 0.6 is 0 Å². The first-order valence-corrected chi connectivity index (χ1v) is 10.2. The molecule has 3 aromatic carbocycles. The summed E-state index contributed by atoms with van der Waals surface area (Å²) in [7, 11) is -3.90.